The van der Waals surface area contributed by atoms with Gasteiger partial charge in [0.25, 0.3) is 0 Å². The van der Waals surface area contributed by atoms with Crippen LogP contribution in [0.4, 0.5) is 0 Å². The third-order valence-electron chi connectivity index (χ3n) is 5.42. The van der Waals surface area contributed by atoms with Crippen LogP contribution >= 0.6 is 0 Å². The summed E-state index contributed by atoms with van der Waals surface area (Å²) in [6, 6.07) is 2.37. The third-order valence-corrected chi connectivity index (χ3v) is 5.42. The Hall–Kier alpha value is -0.0800. The van der Waals surface area contributed by atoms with E-state index in [0.29, 0.717) is 0 Å². The number of rotatable bonds is 5. The minimum absolute atomic E-state index is 0.726. The summed E-state index contributed by atoms with van der Waals surface area (Å²) in [5.74, 6) is 0.980. The fourth-order valence-electron chi connectivity index (χ4n) is 4.27. The van der Waals surface area contributed by atoms with Crippen molar-refractivity contribution in [3.63, 3.8) is 0 Å². The minimum Gasteiger partial charge on any atom is -0.315 e. The highest BCUT2D eigenvalue weighted by atomic mass is 15.2. The molecule has 106 valence electrons. The number of hydrogen-bond donors (Lipinski definition) is 1. The molecule has 1 N–H and O–H groups in total. The molecule has 2 fully saturated rings. The van der Waals surface area contributed by atoms with Gasteiger partial charge in [-0.2, -0.15) is 0 Å². The molecule has 0 aromatic heterocycles. The average Bonchev–Trinajstić information content (AvgIpc) is 2.92. The van der Waals surface area contributed by atoms with Gasteiger partial charge < -0.3 is 5.32 Å². The van der Waals surface area contributed by atoms with E-state index < -0.39 is 0 Å². The van der Waals surface area contributed by atoms with Crippen LogP contribution in [0.5, 0.6) is 0 Å². The predicted molar refractivity (Wildman–Crippen MR) is 78.9 cm³/mol. The van der Waals surface area contributed by atoms with Crippen LogP contribution in [0.2, 0.25) is 0 Å². The van der Waals surface area contributed by atoms with Gasteiger partial charge in [0, 0.05) is 18.1 Å². The van der Waals surface area contributed by atoms with Crippen LogP contribution in [0.1, 0.15) is 64.7 Å². The molecule has 0 spiro atoms. The van der Waals surface area contributed by atoms with E-state index in [0.717, 1.165) is 24.0 Å². The zero-order valence-electron chi connectivity index (χ0n) is 12.6. The highest BCUT2D eigenvalue weighted by Crippen LogP contribution is 2.34. The first kappa shape index (κ1) is 14.3. The summed E-state index contributed by atoms with van der Waals surface area (Å²) < 4.78 is 0. The molecule has 0 heterocycles. The standard InChI is InChI=1S/C16H32N2/c1-4-7-13-10-11-15(17-2)16(12-13)18(3)14-8-5-6-9-14/h13-17H,4-12H2,1-3H3. The number of nitrogens with one attached hydrogen (secondary N) is 1. The molecule has 3 unspecified atom stereocenters. The maximum Gasteiger partial charge on any atom is 0.0251 e. The molecule has 0 aliphatic heterocycles. The van der Waals surface area contributed by atoms with Gasteiger partial charge >= 0.3 is 0 Å². The molecule has 0 aromatic rings. The molecule has 2 heteroatoms. The van der Waals surface area contributed by atoms with Gasteiger partial charge in [-0.3, -0.25) is 4.90 Å². The van der Waals surface area contributed by atoms with Gasteiger partial charge in [0.2, 0.25) is 0 Å². The monoisotopic (exact) mass is 252 g/mol. The van der Waals surface area contributed by atoms with Gasteiger partial charge in [-0.05, 0) is 52.1 Å². The van der Waals surface area contributed by atoms with Gasteiger partial charge in [-0.25, -0.2) is 0 Å². The SMILES string of the molecule is CCCC1CCC(NC)C(N(C)C2CCCC2)C1. The van der Waals surface area contributed by atoms with E-state index in [1.807, 2.05) is 0 Å². The Morgan fingerprint density at radius 2 is 1.83 bits per heavy atom. The zero-order chi connectivity index (χ0) is 13.0. The van der Waals surface area contributed by atoms with Crippen molar-refractivity contribution in [1.82, 2.24) is 10.2 Å². The molecule has 0 amide bonds. The maximum absolute atomic E-state index is 3.58. The largest absolute Gasteiger partial charge is 0.315 e. The van der Waals surface area contributed by atoms with E-state index in [1.54, 1.807) is 0 Å². The van der Waals surface area contributed by atoms with Crippen LogP contribution in [-0.4, -0.2) is 37.1 Å². The molecule has 3 atom stereocenters. The molecular formula is C16H32N2. The van der Waals surface area contributed by atoms with Gasteiger partial charge in [0.05, 0.1) is 0 Å². The van der Waals surface area contributed by atoms with Gasteiger partial charge in [0.15, 0.2) is 0 Å². The van der Waals surface area contributed by atoms with E-state index in [1.165, 1.54) is 57.8 Å². The first-order valence-electron chi connectivity index (χ1n) is 8.15. The second-order valence-electron chi connectivity index (χ2n) is 6.53. The Morgan fingerprint density at radius 1 is 1.11 bits per heavy atom. The summed E-state index contributed by atoms with van der Waals surface area (Å²) in [6.45, 7) is 2.33. The van der Waals surface area contributed by atoms with Crippen molar-refractivity contribution < 1.29 is 0 Å². The van der Waals surface area contributed by atoms with Crippen LogP contribution in [0.25, 0.3) is 0 Å². The van der Waals surface area contributed by atoms with Crippen LogP contribution in [-0.2, 0) is 0 Å². The van der Waals surface area contributed by atoms with Crippen molar-refractivity contribution in [3.8, 4) is 0 Å². The fourth-order valence-corrected chi connectivity index (χ4v) is 4.27. The van der Waals surface area contributed by atoms with Crippen LogP contribution in [0.15, 0.2) is 0 Å². The highest BCUT2D eigenvalue weighted by Gasteiger charge is 2.35. The van der Waals surface area contributed by atoms with Gasteiger partial charge in [-0.1, -0.05) is 32.6 Å². The van der Waals surface area contributed by atoms with Crippen molar-refractivity contribution in [2.24, 2.45) is 5.92 Å². The van der Waals surface area contributed by atoms with Gasteiger partial charge in [-0.15, -0.1) is 0 Å². The van der Waals surface area contributed by atoms with Gasteiger partial charge in [0.1, 0.15) is 0 Å². The highest BCUT2D eigenvalue weighted by molar-refractivity contribution is 4.92. The zero-order valence-corrected chi connectivity index (χ0v) is 12.6. The third kappa shape index (κ3) is 3.27. The first-order valence-corrected chi connectivity index (χ1v) is 8.15. The molecule has 0 bridgehead atoms. The summed E-state index contributed by atoms with van der Waals surface area (Å²) in [7, 11) is 4.54. The topological polar surface area (TPSA) is 15.3 Å². The van der Waals surface area contributed by atoms with E-state index in [4.69, 9.17) is 0 Å². The van der Waals surface area contributed by atoms with Crippen molar-refractivity contribution in [1.29, 1.82) is 0 Å². The molecule has 0 saturated heterocycles. The molecule has 2 aliphatic rings. The molecule has 2 saturated carbocycles. The van der Waals surface area contributed by atoms with E-state index >= 15 is 0 Å². The van der Waals surface area contributed by atoms with Crippen LogP contribution < -0.4 is 5.32 Å². The fraction of sp³-hybridized carbons (Fsp3) is 1.00. The quantitative estimate of drug-likeness (QED) is 0.806. The second kappa shape index (κ2) is 6.91. The van der Waals surface area contributed by atoms with E-state index in [2.05, 4.69) is 31.2 Å². The molecule has 2 aliphatic carbocycles. The minimum atomic E-state index is 0.726. The van der Waals surface area contributed by atoms with Crippen molar-refractivity contribution in [3.05, 3.63) is 0 Å². The molecule has 2 nitrogen and oxygen atoms in total. The van der Waals surface area contributed by atoms with Crippen LogP contribution in [0.3, 0.4) is 0 Å². The lowest BCUT2D eigenvalue weighted by Crippen LogP contribution is -2.53. The summed E-state index contributed by atoms with van der Waals surface area (Å²) in [6.07, 6.45) is 12.8. The average molecular weight is 252 g/mol. The lowest BCUT2D eigenvalue weighted by atomic mass is 9.79. The molecule has 18 heavy (non-hydrogen) atoms. The Kier molecular flexibility index (Phi) is 5.50. The number of hydrogen-bond acceptors (Lipinski definition) is 2. The Labute approximate surface area is 114 Å². The van der Waals surface area contributed by atoms with E-state index in [-0.39, 0.29) is 0 Å². The summed E-state index contributed by atoms with van der Waals surface area (Å²) in [5, 5.41) is 3.58. The lowest BCUT2D eigenvalue weighted by molar-refractivity contribution is 0.0856. The first-order chi connectivity index (χ1) is 8.76. The summed E-state index contributed by atoms with van der Waals surface area (Å²) in [5.41, 5.74) is 0. The molecule has 2 rings (SSSR count). The summed E-state index contributed by atoms with van der Waals surface area (Å²) >= 11 is 0. The summed E-state index contributed by atoms with van der Waals surface area (Å²) in [4.78, 5) is 2.73. The van der Waals surface area contributed by atoms with Crippen molar-refractivity contribution in [2.45, 2.75) is 82.8 Å². The normalized spacial score (nSPS) is 34.3. The van der Waals surface area contributed by atoms with Crippen molar-refractivity contribution >= 4 is 0 Å². The number of likely N-dealkylation sites (N-methyl/N-ethyl adjacent to an activating group) is 2. The predicted octanol–water partition coefficient (Wildman–Crippen LogP) is 3.42. The van der Waals surface area contributed by atoms with Crippen molar-refractivity contribution in [2.75, 3.05) is 14.1 Å². The Balaban J connectivity index is 1.95. The van der Waals surface area contributed by atoms with Crippen LogP contribution in [0, 0.1) is 5.92 Å². The number of nitrogens with zero attached hydrogens (tertiary/aromatic N) is 1. The molecule has 0 aromatic carbocycles. The maximum atomic E-state index is 3.58. The molecular weight excluding hydrogens is 220 g/mol. The molecule has 0 radical (unpaired) electrons. The Morgan fingerprint density at radius 3 is 2.44 bits per heavy atom. The second-order valence-corrected chi connectivity index (χ2v) is 6.53. The smallest absolute Gasteiger partial charge is 0.0251 e. The lowest BCUT2D eigenvalue weighted by Gasteiger charge is -2.43. The Bertz CT molecular complexity index is 235. The van der Waals surface area contributed by atoms with E-state index in [9.17, 15) is 0 Å².